The molecule has 86 valence electrons. The van der Waals surface area contributed by atoms with Gasteiger partial charge in [-0.3, -0.25) is 0 Å². The topological polar surface area (TPSA) is 59.6 Å². The molecule has 0 aliphatic heterocycles. The average molecular weight is 298 g/mol. The maximum absolute atomic E-state index is 9.11. The summed E-state index contributed by atoms with van der Waals surface area (Å²) in [6.07, 6.45) is 0. The van der Waals surface area contributed by atoms with Crippen molar-refractivity contribution >= 4 is 27.3 Å². The fourth-order valence-electron chi connectivity index (χ4n) is 1.56. The van der Waals surface area contributed by atoms with E-state index in [9.17, 15) is 0 Å². The first-order valence-electron chi connectivity index (χ1n) is 5.20. The van der Waals surface area contributed by atoms with Crippen LogP contribution in [0.1, 0.15) is 11.1 Å². The zero-order valence-electron chi connectivity index (χ0n) is 9.31. The van der Waals surface area contributed by atoms with Crippen LogP contribution in [-0.4, -0.2) is 0 Å². The fourth-order valence-corrected chi connectivity index (χ4v) is 2.02. The van der Waals surface area contributed by atoms with Crippen LogP contribution in [0.5, 0.6) is 0 Å². The zero-order chi connectivity index (χ0) is 13.0. The first kappa shape index (κ1) is 12.2. The molecule has 0 saturated carbocycles. The Labute approximate surface area is 113 Å². The Bertz CT molecular complexity index is 665. The summed E-state index contributed by atoms with van der Waals surface area (Å²) in [5.74, 6) is 0. The number of hydrogen-bond donors (Lipinski definition) is 1. The van der Waals surface area contributed by atoms with Crippen molar-refractivity contribution in [3.05, 3.63) is 58.1 Å². The van der Waals surface area contributed by atoms with Crippen LogP contribution in [-0.2, 0) is 0 Å². The van der Waals surface area contributed by atoms with E-state index in [4.69, 9.17) is 10.5 Å². The lowest BCUT2D eigenvalue weighted by Gasteiger charge is -2.09. The minimum atomic E-state index is 0.542. The summed E-state index contributed by atoms with van der Waals surface area (Å²) in [7, 11) is 0. The van der Waals surface area contributed by atoms with E-state index in [1.165, 1.54) is 0 Å². The van der Waals surface area contributed by atoms with Gasteiger partial charge in [-0.25, -0.2) is 0 Å². The molecule has 2 rings (SSSR count). The molecule has 0 heterocycles. The normalized spacial score (nSPS) is 9.28. The zero-order valence-corrected chi connectivity index (χ0v) is 10.9. The number of rotatable bonds is 2. The van der Waals surface area contributed by atoms with Crippen LogP contribution in [0.4, 0.5) is 11.4 Å². The molecule has 4 heteroatoms. The lowest BCUT2D eigenvalue weighted by molar-refractivity contribution is 1.43. The lowest BCUT2D eigenvalue weighted by Crippen LogP contribution is -1.94. The van der Waals surface area contributed by atoms with Gasteiger partial charge in [-0.05, 0) is 46.3 Å². The number of nitrogens with zero attached hydrogens (tertiary/aromatic N) is 2. The predicted octanol–water partition coefficient (Wildman–Crippen LogP) is 3.94. The number of nitriles is 2. The highest BCUT2D eigenvalue weighted by molar-refractivity contribution is 9.10. The van der Waals surface area contributed by atoms with E-state index in [1.807, 2.05) is 24.3 Å². The molecular formula is C14H8BrN3. The third kappa shape index (κ3) is 2.51. The summed E-state index contributed by atoms with van der Waals surface area (Å²) in [6, 6.07) is 16.8. The molecule has 3 nitrogen and oxygen atoms in total. The summed E-state index contributed by atoms with van der Waals surface area (Å²) in [5.41, 5.74) is 2.61. The Morgan fingerprint density at radius 2 is 1.78 bits per heavy atom. The van der Waals surface area contributed by atoms with Crippen molar-refractivity contribution in [1.82, 2.24) is 0 Å². The van der Waals surface area contributed by atoms with Crippen LogP contribution >= 0.6 is 15.9 Å². The Hall–Kier alpha value is -2.30. The molecule has 0 unspecified atom stereocenters. The van der Waals surface area contributed by atoms with E-state index in [1.54, 1.807) is 18.2 Å². The second-order valence-electron chi connectivity index (χ2n) is 3.59. The van der Waals surface area contributed by atoms with Crippen LogP contribution < -0.4 is 5.32 Å². The van der Waals surface area contributed by atoms with Crippen LogP contribution in [0.3, 0.4) is 0 Å². The van der Waals surface area contributed by atoms with Gasteiger partial charge in [0.05, 0.1) is 22.9 Å². The van der Waals surface area contributed by atoms with E-state index >= 15 is 0 Å². The van der Waals surface area contributed by atoms with Gasteiger partial charge >= 0.3 is 0 Å². The van der Waals surface area contributed by atoms with Crippen molar-refractivity contribution in [3.8, 4) is 12.1 Å². The molecule has 18 heavy (non-hydrogen) atoms. The van der Waals surface area contributed by atoms with Gasteiger partial charge in [-0.1, -0.05) is 12.1 Å². The van der Waals surface area contributed by atoms with Gasteiger partial charge in [-0.15, -0.1) is 0 Å². The molecule has 0 amide bonds. The monoisotopic (exact) mass is 297 g/mol. The molecule has 0 saturated heterocycles. The smallest absolute Gasteiger partial charge is 0.103 e. The van der Waals surface area contributed by atoms with E-state index in [0.29, 0.717) is 16.8 Å². The van der Waals surface area contributed by atoms with Gasteiger partial charge in [0.2, 0.25) is 0 Å². The maximum atomic E-state index is 9.11. The highest BCUT2D eigenvalue weighted by Gasteiger charge is 2.06. The highest BCUT2D eigenvalue weighted by Crippen LogP contribution is 2.26. The van der Waals surface area contributed by atoms with Crippen LogP contribution in [0.25, 0.3) is 0 Å². The molecule has 1 N–H and O–H groups in total. The molecule has 0 atom stereocenters. The molecule has 0 bridgehead atoms. The molecule has 2 aromatic carbocycles. The van der Waals surface area contributed by atoms with Gasteiger partial charge in [0.15, 0.2) is 0 Å². The first-order valence-corrected chi connectivity index (χ1v) is 5.99. The van der Waals surface area contributed by atoms with E-state index < -0.39 is 0 Å². The molecule has 0 aliphatic carbocycles. The SMILES string of the molecule is N#Cc1cccc(Nc2cccc(Br)c2C#N)c1. The van der Waals surface area contributed by atoms with E-state index in [2.05, 4.69) is 33.4 Å². The molecule has 0 fully saturated rings. The molecular weight excluding hydrogens is 290 g/mol. The minimum absolute atomic E-state index is 0.542. The summed E-state index contributed by atoms with van der Waals surface area (Å²) in [4.78, 5) is 0. The van der Waals surface area contributed by atoms with Crippen molar-refractivity contribution in [2.24, 2.45) is 0 Å². The van der Waals surface area contributed by atoms with Gasteiger partial charge < -0.3 is 5.32 Å². The summed E-state index contributed by atoms with van der Waals surface area (Å²) < 4.78 is 0.742. The number of benzene rings is 2. The lowest BCUT2D eigenvalue weighted by atomic mass is 10.1. The summed E-state index contributed by atoms with van der Waals surface area (Å²) >= 11 is 3.33. The molecule has 0 spiro atoms. The van der Waals surface area contributed by atoms with Crippen LogP contribution in [0, 0.1) is 22.7 Å². The van der Waals surface area contributed by atoms with Crippen LogP contribution in [0.2, 0.25) is 0 Å². The van der Waals surface area contributed by atoms with Crippen molar-refractivity contribution in [2.75, 3.05) is 5.32 Å². The fraction of sp³-hybridized carbons (Fsp3) is 0. The van der Waals surface area contributed by atoms with Crippen LogP contribution in [0.15, 0.2) is 46.9 Å². The number of halogens is 1. The Morgan fingerprint density at radius 3 is 2.50 bits per heavy atom. The van der Waals surface area contributed by atoms with Gasteiger partial charge in [0.1, 0.15) is 6.07 Å². The van der Waals surface area contributed by atoms with Crippen molar-refractivity contribution in [3.63, 3.8) is 0 Å². The third-order valence-corrected chi connectivity index (χ3v) is 3.06. The van der Waals surface area contributed by atoms with Gasteiger partial charge in [0.25, 0.3) is 0 Å². The standard InChI is InChI=1S/C14H8BrN3/c15-13-5-2-6-14(12(13)9-17)18-11-4-1-3-10(7-11)8-16/h1-7,18H. The largest absolute Gasteiger partial charge is 0.354 e. The molecule has 0 aliphatic rings. The quantitative estimate of drug-likeness (QED) is 0.913. The number of nitrogens with one attached hydrogen (secondary N) is 1. The van der Waals surface area contributed by atoms with E-state index in [-0.39, 0.29) is 0 Å². The average Bonchev–Trinajstić information content (AvgIpc) is 2.39. The molecule has 0 radical (unpaired) electrons. The maximum Gasteiger partial charge on any atom is 0.103 e. The summed E-state index contributed by atoms with van der Waals surface area (Å²) in [6.45, 7) is 0. The van der Waals surface area contributed by atoms with Crippen molar-refractivity contribution in [2.45, 2.75) is 0 Å². The van der Waals surface area contributed by atoms with Gasteiger partial charge in [-0.2, -0.15) is 10.5 Å². The van der Waals surface area contributed by atoms with Crippen molar-refractivity contribution in [1.29, 1.82) is 10.5 Å². The molecule has 0 aromatic heterocycles. The Morgan fingerprint density at radius 1 is 1.00 bits per heavy atom. The second kappa shape index (κ2) is 5.35. The van der Waals surface area contributed by atoms with Crippen molar-refractivity contribution < 1.29 is 0 Å². The summed E-state index contributed by atoms with van der Waals surface area (Å²) in [5, 5.41) is 21.1. The minimum Gasteiger partial charge on any atom is -0.354 e. The highest BCUT2D eigenvalue weighted by atomic mass is 79.9. The first-order chi connectivity index (χ1) is 8.74. The number of anilines is 2. The Kier molecular flexibility index (Phi) is 3.62. The predicted molar refractivity (Wildman–Crippen MR) is 73.3 cm³/mol. The number of hydrogen-bond acceptors (Lipinski definition) is 3. The Balaban J connectivity index is 2.38. The van der Waals surface area contributed by atoms with Gasteiger partial charge in [0, 0.05) is 10.2 Å². The third-order valence-electron chi connectivity index (χ3n) is 2.40. The second-order valence-corrected chi connectivity index (χ2v) is 4.45. The van der Waals surface area contributed by atoms with E-state index in [0.717, 1.165) is 10.2 Å². The molecule has 2 aromatic rings.